The summed E-state index contributed by atoms with van der Waals surface area (Å²) in [6, 6.07) is 6.97. The minimum absolute atomic E-state index is 0.0500. The molecule has 0 spiro atoms. The van der Waals surface area contributed by atoms with Crippen molar-refractivity contribution in [3.63, 3.8) is 0 Å². The Labute approximate surface area is 211 Å². The van der Waals surface area contributed by atoms with Gasteiger partial charge in [0.2, 0.25) is 5.91 Å². The number of hydrogen-bond acceptors (Lipinski definition) is 7. The summed E-state index contributed by atoms with van der Waals surface area (Å²) in [5.74, 6) is -0.569. The van der Waals surface area contributed by atoms with Crippen LogP contribution in [0.5, 0.6) is 0 Å². The first-order valence-corrected chi connectivity index (χ1v) is 13.6. The van der Waals surface area contributed by atoms with Crippen LogP contribution in [0.15, 0.2) is 30.3 Å². The van der Waals surface area contributed by atoms with Crippen molar-refractivity contribution in [3.8, 4) is 0 Å². The molecule has 3 N–H and O–H groups in total. The molecule has 3 rings (SSSR count). The quantitative estimate of drug-likeness (QED) is 0.480. The van der Waals surface area contributed by atoms with Gasteiger partial charge >= 0.3 is 12.2 Å². The van der Waals surface area contributed by atoms with Crippen molar-refractivity contribution in [2.24, 2.45) is 0 Å². The van der Waals surface area contributed by atoms with Crippen molar-refractivity contribution in [1.29, 1.82) is 0 Å². The first-order valence-electron chi connectivity index (χ1n) is 12.1. The zero-order valence-corrected chi connectivity index (χ0v) is 21.6. The molecule has 4 atom stereocenters. The number of amides is 3. The van der Waals surface area contributed by atoms with Crippen molar-refractivity contribution < 1.29 is 36.8 Å². The molecule has 0 bridgehead atoms. The van der Waals surface area contributed by atoms with E-state index in [1.54, 1.807) is 45.0 Å². The number of nitrogens with one attached hydrogen (secondary N) is 2. The molecule has 200 valence electrons. The molecule has 1 heterocycles. The molecule has 1 aliphatic heterocycles. The summed E-state index contributed by atoms with van der Waals surface area (Å²) in [6.07, 6.45) is 1.22. The summed E-state index contributed by atoms with van der Waals surface area (Å²) < 4.78 is 43.9. The topological polar surface area (TPSA) is 151 Å². The smallest absolute Gasteiger partial charge is 0.410 e. The van der Waals surface area contributed by atoms with E-state index in [1.165, 1.54) is 0 Å². The maximum Gasteiger partial charge on any atom is 0.410 e. The second kappa shape index (κ2) is 11.5. The Morgan fingerprint density at radius 2 is 1.67 bits per heavy atom. The van der Waals surface area contributed by atoms with Gasteiger partial charge in [0.15, 0.2) is 0 Å². The van der Waals surface area contributed by atoms with E-state index < -0.39 is 51.1 Å². The lowest BCUT2D eigenvalue weighted by Gasteiger charge is -2.34. The highest BCUT2D eigenvalue weighted by molar-refractivity contribution is 7.86. The van der Waals surface area contributed by atoms with Gasteiger partial charge in [-0.15, -0.1) is 0 Å². The summed E-state index contributed by atoms with van der Waals surface area (Å²) in [6.45, 7) is 4.85. The second-order valence-corrected chi connectivity index (χ2v) is 11.9. The van der Waals surface area contributed by atoms with E-state index >= 15 is 0 Å². The molecular formula is C24H35N3O8S. The number of ether oxygens (including phenoxy) is 2. The van der Waals surface area contributed by atoms with Gasteiger partial charge < -0.3 is 20.1 Å². The predicted octanol–water partition coefficient (Wildman–Crippen LogP) is 2.61. The van der Waals surface area contributed by atoms with Gasteiger partial charge in [0.25, 0.3) is 10.1 Å². The van der Waals surface area contributed by atoms with E-state index in [-0.39, 0.29) is 25.6 Å². The molecule has 1 saturated carbocycles. The first kappa shape index (κ1) is 27.7. The van der Waals surface area contributed by atoms with E-state index in [1.807, 2.05) is 6.07 Å². The Morgan fingerprint density at radius 3 is 2.25 bits per heavy atom. The van der Waals surface area contributed by atoms with Crippen molar-refractivity contribution >= 4 is 28.2 Å². The monoisotopic (exact) mass is 525 g/mol. The largest absolute Gasteiger partial charge is 0.445 e. The number of nitrogens with zero attached hydrogens (tertiary/aromatic N) is 1. The van der Waals surface area contributed by atoms with Crippen molar-refractivity contribution in [3.05, 3.63) is 35.9 Å². The Bertz CT molecular complexity index is 1040. The highest BCUT2D eigenvalue weighted by Crippen LogP contribution is 2.26. The number of carbonyl (C=O) groups excluding carboxylic acids is 3. The van der Waals surface area contributed by atoms with Gasteiger partial charge in [-0.3, -0.25) is 14.2 Å². The van der Waals surface area contributed by atoms with Crippen LogP contribution < -0.4 is 10.6 Å². The first-order chi connectivity index (χ1) is 16.8. The van der Waals surface area contributed by atoms with Crippen LogP contribution in [-0.2, 0) is 31.0 Å². The highest BCUT2D eigenvalue weighted by Gasteiger charge is 2.46. The molecule has 36 heavy (non-hydrogen) atoms. The standard InChI is InChI=1S/C24H35N3O8S/c1-24(2,3)35-22(29)26-19-12-8-7-11-18(19)25-21(28)20-13-17(36(31,32)33)14-27(20)23(30)34-15-16-9-5-4-6-10-16/h4-6,9-10,17-20H,7-8,11-15H2,1-3H3,(H,25,28)(H,26,29)(H,31,32,33)/t17-,18?,19-,20+/m1/s1. The minimum Gasteiger partial charge on any atom is -0.445 e. The summed E-state index contributed by atoms with van der Waals surface area (Å²) in [7, 11) is -4.48. The van der Waals surface area contributed by atoms with E-state index in [4.69, 9.17) is 9.47 Å². The molecule has 2 aliphatic rings. The normalized spacial score (nSPS) is 24.6. The summed E-state index contributed by atoms with van der Waals surface area (Å²) >= 11 is 0. The number of likely N-dealkylation sites (tertiary alicyclic amines) is 1. The van der Waals surface area contributed by atoms with Gasteiger partial charge in [0.1, 0.15) is 23.5 Å². The second-order valence-electron chi connectivity index (χ2n) is 10.2. The molecular weight excluding hydrogens is 490 g/mol. The number of hydrogen-bond donors (Lipinski definition) is 3. The molecule has 1 aromatic rings. The fourth-order valence-corrected chi connectivity index (χ4v) is 5.25. The Kier molecular flexibility index (Phi) is 8.83. The van der Waals surface area contributed by atoms with Gasteiger partial charge in [-0.25, -0.2) is 9.59 Å². The van der Waals surface area contributed by atoms with Crippen LogP contribution in [0.25, 0.3) is 0 Å². The molecule has 1 aliphatic carbocycles. The fourth-order valence-electron chi connectivity index (χ4n) is 4.48. The van der Waals surface area contributed by atoms with Gasteiger partial charge in [-0.05, 0) is 45.6 Å². The summed E-state index contributed by atoms with van der Waals surface area (Å²) in [5.41, 5.74) is 0.0582. The maximum absolute atomic E-state index is 13.3. The molecule has 0 radical (unpaired) electrons. The third kappa shape index (κ3) is 7.82. The third-order valence-electron chi connectivity index (χ3n) is 6.22. The average molecular weight is 526 g/mol. The average Bonchev–Trinajstić information content (AvgIpc) is 3.25. The molecule has 0 aromatic heterocycles. The van der Waals surface area contributed by atoms with Crippen LogP contribution in [0.4, 0.5) is 9.59 Å². The Balaban J connectivity index is 1.68. The number of benzene rings is 1. The molecule has 1 unspecified atom stereocenters. The number of carbonyl (C=O) groups is 3. The highest BCUT2D eigenvalue weighted by atomic mass is 32.2. The lowest BCUT2D eigenvalue weighted by molar-refractivity contribution is -0.126. The van der Waals surface area contributed by atoms with Gasteiger partial charge in [0, 0.05) is 12.6 Å². The van der Waals surface area contributed by atoms with Crippen LogP contribution in [0.2, 0.25) is 0 Å². The summed E-state index contributed by atoms with van der Waals surface area (Å²) in [4.78, 5) is 39.4. The SMILES string of the molecule is CC(C)(C)OC(=O)N[C@@H]1CCCCC1NC(=O)[C@@H]1C[C@@H](S(=O)(=O)O)CN1C(=O)OCc1ccccc1. The predicted molar refractivity (Wildman–Crippen MR) is 131 cm³/mol. The van der Waals surface area contributed by atoms with Gasteiger partial charge in [-0.1, -0.05) is 43.2 Å². The van der Waals surface area contributed by atoms with E-state index in [0.29, 0.717) is 12.8 Å². The Morgan fingerprint density at radius 1 is 1.06 bits per heavy atom. The van der Waals surface area contributed by atoms with Gasteiger partial charge in [-0.2, -0.15) is 8.42 Å². The molecule has 3 amide bonds. The zero-order chi connectivity index (χ0) is 26.5. The third-order valence-corrected chi connectivity index (χ3v) is 7.41. The van der Waals surface area contributed by atoms with Crippen molar-refractivity contribution in [1.82, 2.24) is 15.5 Å². The van der Waals surface area contributed by atoms with Crippen LogP contribution >= 0.6 is 0 Å². The van der Waals surface area contributed by atoms with Gasteiger partial charge in [0.05, 0.1) is 6.04 Å². The van der Waals surface area contributed by atoms with E-state index in [0.717, 1.165) is 23.3 Å². The lowest BCUT2D eigenvalue weighted by Crippen LogP contribution is -2.57. The molecule has 1 saturated heterocycles. The minimum atomic E-state index is -4.48. The molecule has 12 heteroatoms. The van der Waals surface area contributed by atoms with Crippen molar-refractivity contribution in [2.75, 3.05) is 6.54 Å². The van der Waals surface area contributed by atoms with Crippen LogP contribution in [-0.4, -0.2) is 71.5 Å². The Hall–Kier alpha value is -2.86. The maximum atomic E-state index is 13.3. The number of rotatable bonds is 6. The lowest BCUT2D eigenvalue weighted by atomic mass is 9.90. The molecule has 1 aromatic carbocycles. The number of alkyl carbamates (subject to hydrolysis) is 1. The fraction of sp³-hybridized carbons (Fsp3) is 0.625. The van der Waals surface area contributed by atoms with Crippen LogP contribution in [0.1, 0.15) is 58.4 Å². The van der Waals surface area contributed by atoms with E-state index in [9.17, 15) is 27.4 Å². The van der Waals surface area contributed by atoms with Crippen LogP contribution in [0, 0.1) is 0 Å². The molecule has 11 nitrogen and oxygen atoms in total. The van der Waals surface area contributed by atoms with Crippen molar-refractivity contribution in [2.45, 2.75) is 88.5 Å². The van der Waals surface area contributed by atoms with Crippen LogP contribution in [0.3, 0.4) is 0 Å². The summed E-state index contributed by atoms with van der Waals surface area (Å²) in [5, 5.41) is 4.38. The van der Waals surface area contributed by atoms with E-state index in [2.05, 4.69) is 10.6 Å². The molecule has 2 fully saturated rings. The zero-order valence-electron chi connectivity index (χ0n) is 20.8.